The molecule has 0 bridgehead atoms. The first-order valence-corrected chi connectivity index (χ1v) is 11.0. The first-order valence-electron chi connectivity index (χ1n) is 11.0. The van der Waals surface area contributed by atoms with Crippen LogP contribution >= 0.6 is 0 Å². The first-order chi connectivity index (χ1) is 14.3. The SMILES string of the molecule is CCN(CC)C(=O)Nc1ccc(OCC(CNC(C)(C)C)OC(C)(C)C)c(C(C)=O)c1. The van der Waals surface area contributed by atoms with Gasteiger partial charge < -0.3 is 25.0 Å². The van der Waals surface area contributed by atoms with Crippen molar-refractivity contribution in [1.29, 1.82) is 0 Å². The summed E-state index contributed by atoms with van der Waals surface area (Å²) in [5.41, 5.74) is 0.617. The van der Waals surface area contributed by atoms with Crippen LogP contribution in [0.2, 0.25) is 0 Å². The predicted molar refractivity (Wildman–Crippen MR) is 126 cm³/mol. The molecule has 0 aliphatic carbocycles. The molecule has 0 fully saturated rings. The molecular formula is C24H41N3O4. The number of nitrogens with zero attached hydrogens (tertiary/aromatic N) is 1. The zero-order chi connectivity index (χ0) is 23.8. The Labute approximate surface area is 187 Å². The van der Waals surface area contributed by atoms with Gasteiger partial charge in [0.05, 0.1) is 11.2 Å². The maximum atomic E-state index is 12.3. The largest absolute Gasteiger partial charge is 0.490 e. The lowest BCUT2D eigenvalue weighted by molar-refractivity contribution is -0.0761. The van der Waals surface area contributed by atoms with Crippen molar-refractivity contribution in [1.82, 2.24) is 10.2 Å². The minimum Gasteiger partial charge on any atom is -0.490 e. The summed E-state index contributed by atoms with van der Waals surface area (Å²) < 4.78 is 12.2. The molecular weight excluding hydrogens is 394 g/mol. The highest BCUT2D eigenvalue weighted by Crippen LogP contribution is 2.25. The number of hydrogen-bond donors (Lipinski definition) is 2. The van der Waals surface area contributed by atoms with Gasteiger partial charge in [-0.3, -0.25) is 4.79 Å². The second-order valence-corrected chi connectivity index (χ2v) is 9.66. The van der Waals surface area contributed by atoms with Crippen molar-refractivity contribution in [3.8, 4) is 5.75 Å². The van der Waals surface area contributed by atoms with Crippen LogP contribution in [0.25, 0.3) is 0 Å². The average Bonchev–Trinajstić information content (AvgIpc) is 2.63. The molecule has 1 aromatic rings. The predicted octanol–water partition coefficient (Wildman–Crippen LogP) is 4.71. The van der Waals surface area contributed by atoms with Gasteiger partial charge in [-0.25, -0.2) is 4.79 Å². The number of urea groups is 1. The van der Waals surface area contributed by atoms with Gasteiger partial charge in [-0.1, -0.05) is 0 Å². The van der Waals surface area contributed by atoms with E-state index in [9.17, 15) is 9.59 Å². The first kappa shape index (κ1) is 26.9. The van der Waals surface area contributed by atoms with Crippen molar-refractivity contribution < 1.29 is 19.1 Å². The Morgan fingerprint density at radius 3 is 2.16 bits per heavy atom. The van der Waals surface area contributed by atoms with Gasteiger partial charge in [-0.05, 0) is 80.5 Å². The fraction of sp³-hybridized carbons (Fsp3) is 0.667. The number of hydrogen-bond acceptors (Lipinski definition) is 5. The van der Waals surface area contributed by atoms with Crippen LogP contribution in [-0.2, 0) is 4.74 Å². The van der Waals surface area contributed by atoms with Crippen LogP contribution in [0.15, 0.2) is 18.2 Å². The van der Waals surface area contributed by atoms with E-state index in [0.29, 0.717) is 43.2 Å². The molecule has 0 aromatic heterocycles. The van der Waals surface area contributed by atoms with Gasteiger partial charge in [0.15, 0.2) is 5.78 Å². The van der Waals surface area contributed by atoms with E-state index in [1.165, 1.54) is 6.92 Å². The van der Waals surface area contributed by atoms with Gasteiger partial charge in [-0.2, -0.15) is 0 Å². The molecule has 0 saturated carbocycles. The molecule has 0 heterocycles. The number of benzene rings is 1. The summed E-state index contributed by atoms with van der Waals surface area (Å²) in [6.45, 7) is 19.8. The Morgan fingerprint density at radius 2 is 1.68 bits per heavy atom. The van der Waals surface area contributed by atoms with Crippen LogP contribution in [-0.4, -0.2) is 60.2 Å². The van der Waals surface area contributed by atoms with Crippen LogP contribution in [0, 0.1) is 0 Å². The third-order valence-corrected chi connectivity index (χ3v) is 4.47. The standard InChI is InChI=1S/C24H41N3O4/c1-10-27(11-2)22(29)26-18-12-13-21(20(14-18)17(3)28)30-16-19(31-24(7,8)9)15-25-23(4,5)6/h12-14,19,25H,10-11,15-16H2,1-9H3,(H,26,29). The number of ketones is 1. The number of amides is 2. The quantitative estimate of drug-likeness (QED) is 0.520. The Hall–Kier alpha value is -2.12. The van der Waals surface area contributed by atoms with E-state index in [1.807, 2.05) is 34.6 Å². The zero-order valence-electron chi connectivity index (χ0n) is 20.7. The van der Waals surface area contributed by atoms with Crippen LogP contribution in [0.5, 0.6) is 5.75 Å². The van der Waals surface area contributed by atoms with E-state index in [-0.39, 0.29) is 29.1 Å². The maximum Gasteiger partial charge on any atom is 0.321 e. The second-order valence-electron chi connectivity index (χ2n) is 9.66. The normalized spacial score (nSPS) is 12.9. The zero-order valence-corrected chi connectivity index (χ0v) is 20.7. The summed E-state index contributed by atoms with van der Waals surface area (Å²) in [4.78, 5) is 26.2. The summed E-state index contributed by atoms with van der Waals surface area (Å²) >= 11 is 0. The molecule has 7 heteroatoms. The molecule has 0 radical (unpaired) electrons. The summed E-state index contributed by atoms with van der Waals surface area (Å²) in [5, 5.41) is 6.29. The molecule has 1 aromatic carbocycles. The van der Waals surface area contributed by atoms with Gasteiger partial charge in [-0.15, -0.1) is 0 Å². The van der Waals surface area contributed by atoms with Crippen molar-refractivity contribution in [2.24, 2.45) is 0 Å². The van der Waals surface area contributed by atoms with E-state index < -0.39 is 0 Å². The number of rotatable bonds is 10. The molecule has 0 aliphatic rings. The van der Waals surface area contributed by atoms with Gasteiger partial charge in [0.25, 0.3) is 0 Å². The van der Waals surface area contributed by atoms with Crippen LogP contribution < -0.4 is 15.4 Å². The molecule has 0 aliphatic heterocycles. The van der Waals surface area contributed by atoms with Crippen LogP contribution in [0.3, 0.4) is 0 Å². The molecule has 1 atom stereocenters. The summed E-state index contributed by atoms with van der Waals surface area (Å²) in [5.74, 6) is 0.349. The molecule has 2 N–H and O–H groups in total. The number of nitrogens with one attached hydrogen (secondary N) is 2. The van der Waals surface area contributed by atoms with Crippen molar-refractivity contribution in [3.05, 3.63) is 23.8 Å². The van der Waals surface area contributed by atoms with Crippen LogP contribution in [0.1, 0.15) is 72.7 Å². The minimum absolute atomic E-state index is 0.0469. The van der Waals surface area contributed by atoms with Gasteiger partial charge >= 0.3 is 6.03 Å². The summed E-state index contributed by atoms with van der Waals surface area (Å²) in [6, 6.07) is 4.93. The van der Waals surface area contributed by atoms with E-state index >= 15 is 0 Å². The van der Waals surface area contributed by atoms with E-state index in [0.717, 1.165) is 0 Å². The van der Waals surface area contributed by atoms with Crippen molar-refractivity contribution in [2.45, 2.75) is 79.6 Å². The van der Waals surface area contributed by atoms with Crippen molar-refractivity contribution in [3.63, 3.8) is 0 Å². The highest BCUT2D eigenvalue weighted by atomic mass is 16.5. The number of anilines is 1. The van der Waals surface area contributed by atoms with Crippen molar-refractivity contribution in [2.75, 3.05) is 31.6 Å². The average molecular weight is 436 g/mol. The summed E-state index contributed by atoms with van der Waals surface area (Å²) in [7, 11) is 0. The number of carbonyl (C=O) groups excluding carboxylic acids is 2. The highest BCUT2D eigenvalue weighted by Gasteiger charge is 2.22. The molecule has 176 valence electrons. The third-order valence-electron chi connectivity index (χ3n) is 4.47. The van der Waals surface area contributed by atoms with Crippen LogP contribution in [0.4, 0.5) is 10.5 Å². The third kappa shape index (κ3) is 10.2. The number of carbonyl (C=O) groups is 2. The summed E-state index contributed by atoms with van der Waals surface area (Å²) in [6.07, 6.45) is -0.193. The molecule has 0 spiro atoms. The molecule has 31 heavy (non-hydrogen) atoms. The molecule has 2 amide bonds. The lowest BCUT2D eigenvalue weighted by Crippen LogP contribution is -2.45. The Kier molecular flexibility index (Phi) is 9.97. The van der Waals surface area contributed by atoms with Crippen molar-refractivity contribution >= 4 is 17.5 Å². The Balaban J connectivity index is 2.96. The van der Waals surface area contributed by atoms with Gasteiger partial charge in [0.2, 0.25) is 0 Å². The van der Waals surface area contributed by atoms with E-state index in [1.54, 1.807) is 23.1 Å². The lowest BCUT2D eigenvalue weighted by Gasteiger charge is -2.31. The second kappa shape index (κ2) is 11.5. The Morgan fingerprint density at radius 1 is 1.06 bits per heavy atom. The molecule has 1 unspecified atom stereocenters. The number of ether oxygens (including phenoxy) is 2. The smallest absolute Gasteiger partial charge is 0.321 e. The van der Waals surface area contributed by atoms with E-state index in [4.69, 9.17) is 9.47 Å². The van der Waals surface area contributed by atoms with Gasteiger partial charge in [0, 0.05) is 30.9 Å². The lowest BCUT2D eigenvalue weighted by atomic mass is 10.1. The topological polar surface area (TPSA) is 79.9 Å². The number of Topliss-reactive ketones (excluding diaryl/α,β-unsaturated/α-hetero) is 1. The maximum absolute atomic E-state index is 12.3. The molecule has 1 rings (SSSR count). The molecule has 0 saturated heterocycles. The Bertz CT molecular complexity index is 731. The van der Waals surface area contributed by atoms with Gasteiger partial charge in [0.1, 0.15) is 18.5 Å². The van der Waals surface area contributed by atoms with E-state index in [2.05, 4.69) is 31.4 Å². The minimum atomic E-state index is -0.324. The fourth-order valence-corrected chi connectivity index (χ4v) is 2.96. The monoisotopic (exact) mass is 435 g/mol. The molecule has 7 nitrogen and oxygen atoms in total. The highest BCUT2D eigenvalue weighted by molar-refractivity contribution is 5.99. The fourth-order valence-electron chi connectivity index (χ4n) is 2.96.